The molecule has 32 heavy (non-hydrogen) atoms. The van der Waals surface area contributed by atoms with Crippen LogP contribution in [0.15, 0.2) is 72.8 Å². The quantitative estimate of drug-likeness (QED) is 0.463. The Morgan fingerprint density at radius 3 is 2.16 bits per heavy atom. The van der Waals surface area contributed by atoms with E-state index in [1.807, 2.05) is 48.5 Å². The molecule has 0 spiro atoms. The van der Waals surface area contributed by atoms with Crippen LogP contribution in [0.4, 0.5) is 10.5 Å². The van der Waals surface area contributed by atoms with Crippen molar-refractivity contribution in [1.29, 1.82) is 0 Å². The number of rotatable bonds is 10. The SMILES string of the molecule is COc1ccccc1OCc1ccc(COC(=O)Nc2ccccc2CCC(=O)O)cc1. The van der Waals surface area contributed by atoms with Gasteiger partial charge in [0.05, 0.1) is 7.11 Å². The van der Waals surface area contributed by atoms with Gasteiger partial charge in [-0.2, -0.15) is 0 Å². The van der Waals surface area contributed by atoms with Gasteiger partial charge in [0.25, 0.3) is 0 Å². The topological polar surface area (TPSA) is 94.1 Å². The van der Waals surface area contributed by atoms with Crippen molar-refractivity contribution in [1.82, 2.24) is 0 Å². The molecule has 0 radical (unpaired) electrons. The van der Waals surface area contributed by atoms with Gasteiger partial charge < -0.3 is 19.3 Å². The molecule has 0 saturated carbocycles. The number of carbonyl (C=O) groups is 2. The largest absolute Gasteiger partial charge is 0.493 e. The number of benzene rings is 3. The van der Waals surface area contributed by atoms with Gasteiger partial charge in [-0.05, 0) is 41.3 Å². The summed E-state index contributed by atoms with van der Waals surface area (Å²) in [6.45, 7) is 0.492. The minimum absolute atomic E-state index is 0.0130. The fourth-order valence-electron chi connectivity index (χ4n) is 3.03. The number of para-hydroxylation sites is 3. The maximum Gasteiger partial charge on any atom is 0.411 e. The van der Waals surface area contributed by atoms with Crippen molar-refractivity contribution in [3.8, 4) is 11.5 Å². The molecule has 0 unspecified atom stereocenters. The van der Waals surface area contributed by atoms with Crippen molar-refractivity contribution < 1.29 is 28.9 Å². The molecule has 0 atom stereocenters. The zero-order valence-electron chi connectivity index (χ0n) is 17.7. The minimum atomic E-state index is -0.890. The Labute approximate surface area is 186 Å². The fraction of sp³-hybridized carbons (Fsp3) is 0.200. The average molecular weight is 435 g/mol. The van der Waals surface area contributed by atoms with Crippen LogP contribution in [0.3, 0.4) is 0 Å². The first-order valence-corrected chi connectivity index (χ1v) is 10.1. The summed E-state index contributed by atoms with van der Waals surface area (Å²) in [5.74, 6) is 0.454. The second-order valence-electron chi connectivity index (χ2n) is 7.01. The molecule has 0 heterocycles. The molecule has 7 nitrogen and oxygen atoms in total. The van der Waals surface area contributed by atoms with Crippen molar-refractivity contribution in [3.63, 3.8) is 0 Å². The van der Waals surface area contributed by atoms with Crippen LogP contribution in [0.2, 0.25) is 0 Å². The molecule has 3 aromatic carbocycles. The molecular weight excluding hydrogens is 410 g/mol. The van der Waals surface area contributed by atoms with Crippen LogP contribution in [-0.4, -0.2) is 24.3 Å². The van der Waals surface area contributed by atoms with Crippen molar-refractivity contribution in [3.05, 3.63) is 89.5 Å². The lowest BCUT2D eigenvalue weighted by Gasteiger charge is -2.12. The lowest BCUT2D eigenvalue weighted by molar-refractivity contribution is -0.136. The van der Waals surface area contributed by atoms with E-state index in [9.17, 15) is 9.59 Å². The first kappa shape index (κ1) is 22.7. The summed E-state index contributed by atoms with van der Waals surface area (Å²) >= 11 is 0. The number of carboxylic acid groups (broad SMARTS) is 1. The lowest BCUT2D eigenvalue weighted by Crippen LogP contribution is -2.15. The molecule has 0 aromatic heterocycles. The molecule has 7 heteroatoms. The van der Waals surface area contributed by atoms with E-state index >= 15 is 0 Å². The first-order chi connectivity index (χ1) is 15.5. The van der Waals surface area contributed by atoms with Crippen molar-refractivity contribution in [2.75, 3.05) is 12.4 Å². The van der Waals surface area contributed by atoms with Crippen molar-refractivity contribution in [2.45, 2.75) is 26.1 Å². The molecule has 3 rings (SSSR count). The van der Waals surface area contributed by atoms with Gasteiger partial charge in [0.15, 0.2) is 11.5 Å². The molecule has 0 bridgehead atoms. The highest BCUT2D eigenvalue weighted by Crippen LogP contribution is 2.26. The monoisotopic (exact) mass is 435 g/mol. The number of carboxylic acids is 1. The Balaban J connectivity index is 1.49. The summed E-state index contributed by atoms with van der Waals surface area (Å²) in [6.07, 6.45) is -0.290. The van der Waals surface area contributed by atoms with E-state index in [2.05, 4.69) is 5.32 Å². The fourth-order valence-corrected chi connectivity index (χ4v) is 3.03. The highest BCUT2D eigenvalue weighted by Gasteiger charge is 2.09. The molecule has 2 N–H and O–H groups in total. The van der Waals surface area contributed by atoms with Gasteiger partial charge in [0.1, 0.15) is 13.2 Å². The Kier molecular flexibility index (Phi) is 8.09. The van der Waals surface area contributed by atoms with Gasteiger partial charge in [-0.1, -0.05) is 54.6 Å². The lowest BCUT2D eigenvalue weighted by atomic mass is 10.1. The van der Waals surface area contributed by atoms with E-state index in [0.29, 0.717) is 30.2 Å². The van der Waals surface area contributed by atoms with Crippen LogP contribution in [0, 0.1) is 0 Å². The third kappa shape index (κ3) is 6.77. The highest BCUT2D eigenvalue weighted by molar-refractivity contribution is 5.85. The molecule has 0 fully saturated rings. The number of carbonyl (C=O) groups excluding carboxylic acids is 1. The van der Waals surface area contributed by atoms with E-state index in [1.165, 1.54) is 0 Å². The predicted octanol–water partition coefficient (Wildman–Crippen LogP) is 5.04. The number of methoxy groups -OCH3 is 1. The van der Waals surface area contributed by atoms with Gasteiger partial charge in [-0.25, -0.2) is 4.79 Å². The van der Waals surface area contributed by atoms with Crippen molar-refractivity contribution in [2.24, 2.45) is 0 Å². The number of anilines is 1. The van der Waals surface area contributed by atoms with Gasteiger partial charge >= 0.3 is 12.1 Å². The number of ether oxygens (including phenoxy) is 3. The second-order valence-corrected chi connectivity index (χ2v) is 7.01. The Bertz CT molecular complexity index is 1050. The Morgan fingerprint density at radius 2 is 1.47 bits per heavy atom. The molecular formula is C25H25NO6. The van der Waals surface area contributed by atoms with Crippen LogP contribution in [0.1, 0.15) is 23.1 Å². The minimum Gasteiger partial charge on any atom is -0.493 e. The van der Waals surface area contributed by atoms with E-state index in [0.717, 1.165) is 16.7 Å². The molecule has 166 valence electrons. The van der Waals surface area contributed by atoms with Crippen LogP contribution in [0.5, 0.6) is 11.5 Å². The second kappa shape index (κ2) is 11.4. The smallest absolute Gasteiger partial charge is 0.411 e. The standard InChI is InChI=1S/C25H25NO6/c1-30-22-8-4-5-9-23(22)31-16-18-10-12-19(13-11-18)17-32-25(29)26-21-7-3-2-6-20(21)14-15-24(27)28/h2-13H,14-17H2,1H3,(H,26,29)(H,27,28). The summed E-state index contributed by atoms with van der Waals surface area (Å²) in [5.41, 5.74) is 3.09. The predicted molar refractivity (Wildman–Crippen MR) is 120 cm³/mol. The van der Waals surface area contributed by atoms with Crippen LogP contribution >= 0.6 is 0 Å². The third-order valence-corrected chi connectivity index (χ3v) is 4.72. The summed E-state index contributed by atoms with van der Waals surface area (Å²) in [4.78, 5) is 23.0. The highest BCUT2D eigenvalue weighted by atomic mass is 16.5. The number of nitrogens with one attached hydrogen (secondary N) is 1. The van der Waals surface area contributed by atoms with Crippen LogP contribution in [-0.2, 0) is 29.2 Å². The zero-order chi connectivity index (χ0) is 22.8. The third-order valence-electron chi connectivity index (χ3n) is 4.72. The van der Waals surface area contributed by atoms with Gasteiger partial charge in [0.2, 0.25) is 0 Å². The van der Waals surface area contributed by atoms with Crippen molar-refractivity contribution >= 4 is 17.7 Å². The number of aliphatic carboxylic acids is 1. The zero-order valence-corrected chi connectivity index (χ0v) is 17.7. The van der Waals surface area contributed by atoms with E-state index in [4.69, 9.17) is 19.3 Å². The van der Waals surface area contributed by atoms with Crippen LogP contribution < -0.4 is 14.8 Å². The Hall–Kier alpha value is -4.00. The molecule has 3 aromatic rings. The maximum absolute atomic E-state index is 12.2. The van der Waals surface area contributed by atoms with Gasteiger partial charge in [-0.15, -0.1) is 0 Å². The number of aryl methyl sites for hydroxylation is 1. The molecule has 0 aliphatic rings. The number of hydrogen-bond donors (Lipinski definition) is 2. The van der Waals surface area contributed by atoms with Gasteiger partial charge in [0, 0.05) is 12.1 Å². The summed E-state index contributed by atoms with van der Waals surface area (Å²) in [6, 6.07) is 22.1. The van der Waals surface area contributed by atoms with Crippen LogP contribution in [0.25, 0.3) is 0 Å². The molecule has 0 saturated heterocycles. The average Bonchev–Trinajstić information content (AvgIpc) is 2.81. The summed E-state index contributed by atoms with van der Waals surface area (Å²) in [5, 5.41) is 11.5. The summed E-state index contributed by atoms with van der Waals surface area (Å²) in [7, 11) is 1.60. The van der Waals surface area contributed by atoms with Gasteiger partial charge in [-0.3, -0.25) is 10.1 Å². The molecule has 0 aliphatic heterocycles. The number of amides is 1. The normalized spacial score (nSPS) is 10.3. The molecule has 1 amide bonds. The van der Waals surface area contributed by atoms with E-state index < -0.39 is 12.1 Å². The van der Waals surface area contributed by atoms with E-state index in [-0.39, 0.29) is 13.0 Å². The van der Waals surface area contributed by atoms with E-state index in [1.54, 1.807) is 31.4 Å². The summed E-state index contributed by atoms with van der Waals surface area (Å²) < 4.78 is 16.4. The molecule has 0 aliphatic carbocycles. The first-order valence-electron chi connectivity index (χ1n) is 10.1. The number of hydrogen-bond acceptors (Lipinski definition) is 5. The Morgan fingerprint density at radius 1 is 0.844 bits per heavy atom. The maximum atomic E-state index is 12.2.